The molecule has 4 heterocycles. The quantitative estimate of drug-likeness (QED) is 0.690. The number of aliphatic hydroxyl groups excluding tert-OH is 1. The Kier molecular flexibility index (Phi) is 4.97. The first-order chi connectivity index (χ1) is 13.2. The Bertz CT molecular complexity index is 893. The van der Waals surface area contributed by atoms with E-state index in [-0.39, 0.29) is 12.6 Å². The third-order valence-electron chi connectivity index (χ3n) is 4.89. The second-order valence-corrected chi connectivity index (χ2v) is 6.66. The van der Waals surface area contributed by atoms with Gasteiger partial charge in [-0.25, -0.2) is 19.9 Å². The summed E-state index contributed by atoms with van der Waals surface area (Å²) in [5.74, 6) is 3.37. The SMILES string of the molecule is Cc1nccn1-c1ccc(CNc2cc(N3CCCC3CO)ncn2)cn1. The van der Waals surface area contributed by atoms with E-state index in [0.717, 1.165) is 48.2 Å². The van der Waals surface area contributed by atoms with E-state index >= 15 is 0 Å². The van der Waals surface area contributed by atoms with E-state index in [1.807, 2.05) is 42.1 Å². The normalized spacial score (nSPS) is 16.7. The summed E-state index contributed by atoms with van der Waals surface area (Å²) >= 11 is 0. The van der Waals surface area contributed by atoms with Gasteiger partial charge in [0.25, 0.3) is 0 Å². The van der Waals surface area contributed by atoms with Gasteiger partial charge in [-0.15, -0.1) is 0 Å². The second-order valence-electron chi connectivity index (χ2n) is 6.66. The fourth-order valence-corrected chi connectivity index (χ4v) is 3.40. The first-order valence-electron chi connectivity index (χ1n) is 9.13. The van der Waals surface area contributed by atoms with Crippen molar-refractivity contribution < 1.29 is 5.11 Å². The van der Waals surface area contributed by atoms with E-state index < -0.39 is 0 Å². The maximum absolute atomic E-state index is 9.51. The molecule has 1 aliphatic heterocycles. The lowest BCUT2D eigenvalue weighted by atomic mass is 10.2. The van der Waals surface area contributed by atoms with Gasteiger partial charge in [-0.3, -0.25) is 4.57 Å². The molecule has 1 atom stereocenters. The summed E-state index contributed by atoms with van der Waals surface area (Å²) in [7, 11) is 0. The molecule has 1 unspecified atom stereocenters. The van der Waals surface area contributed by atoms with Crippen molar-refractivity contribution in [2.45, 2.75) is 32.4 Å². The van der Waals surface area contributed by atoms with Gasteiger partial charge in [0.05, 0.1) is 12.6 Å². The Morgan fingerprint density at radius 3 is 2.85 bits per heavy atom. The number of aliphatic hydroxyl groups is 1. The minimum absolute atomic E-state index is 0.149. The van der Waals surface area contributed by atoms with E-state index in [9.17, 15) is 5.11 Å². The largest absolute Gasteiger partial charge is 0.394 e. The van der Waals surface area contributed by atoms with Crippen LogP contribution in [0.3, 0.4) is 0 Å². The zero-order valence-electron chi connectivity index (χ0n) is 15.3. The molecule has 4 rings (SSSR count). The number of anilines is 2. The zero-order chi connectivity index (χ0) is 18.6. The van der Waals surface area contributed by atoms with Gasteiger partial charge in [0.15, 0.2) is 0 Å². The highest BCUT2D eigenvalue weighted by Crippen LogP contribution is 2.24. The highest BCUT2D eigenvalue weighted by molar-refractivity contribution is 5.50. The number of imidazole rings is 1. The minimum atomic E-state index is 0.149. The molecule has 0 bridgehead atoms. The average molecular weight is 365 g/mol. The topological polar surface area (TPSA) is 92.0 Å². The predicted octanol–water partition coefficient (Wildman–Crippen LogP) is 1.94. The van der Waals surface area contributed by atoms with E-state index in [1.54, 1.807) is 12.5 Å². The highest BCUT2D eigenvalue weighted by atomic mass is 16.3. The van der Waals surface area contributed by atoms with Gasteiger partial charge in [-0.1, -0.05) is 6.07 Å². The van der Waals surface area contributed by atoms with Crippen LogP contribution in [0.25, 0.3) is 5.82 Å². The van der Waals surface area contributed by atoms with Gasteiger partial charge >= 0.3 is 0 Å². The Balaban J connectivity index is 1.42. The predicted molar refractivity (Wildman–Crippen MR) is 103 cm³/mol. The first-order valence-corrected chi connectivity index (χ1v) is 9.13. The van der Waals surface area contributed by atoms with Crippen molar-refractivity contribution in [2.75, 3.05) is 23.4 Å². The van der Waals surface area contributed by atoms with Gasteiger partial charge in [0.2, 0.25) is 0 Å². The number of nitrogens with zero attached hydrogens (tertiary/aromatic N) is 6. The molecule has 140 valence electrons. The molecule has 3 aromatic heterocycles. The van der Waals surface area contributed by atoms with Crippen LogP contribution < -0.4 is 10.2 Å². The number of hydrogen-bond acceptors (Lipinski definition) is 7. The van der Waals surface area contributed by atoms with Crippen LogP contribution in [0, 0.1) is 6.92 Å². The molecular weight excluding hydrogens is 342 g/mol. The fourth-order valence-electron chi connectivity index (χ4n) is 3.40. The molecule has 1 aliphatic rings. The molecule has 27 heavy (non-hydrogen) atoms. The highest BCUT2D eigenvalue weighted by Gasteiger charge is 2.25. The fraction of sp³-hybridized carbons (Fsp3) is 0.368. The van der Waals surface area contributed by atoms with Crippen molar-refractivity contribution in [2.24, 2.45) is 0 Å². The van der Waals surface area contributed by atoms with Gasteiger partial charge in [-0.05, 0) is 31.4 Å². The maximum atomic E-state index is 9.51. The van der Waals surface area contributed by atoms with Gasteiger partial charge in [-0.2, -0.15) is 0 Å². The summed E-state index contributed by atoms with van der Waals surface area (Å²) in [6.45, 7) is 3.64. The van der Waals surface area contributed by atoms with Crippen LogP contribution in [0.2, 0.25) is 0 Å². The number of nitrogens with one attached hydrogen (secondary N) is 1. The molecule has 0 radical (unpaired) electrons. The summed E-state index contributed by atoms with van der Waals surface area (Å²) in [5, 5.41) is 12.8. The van der Waals surface area contributed by atoms with Crippen molar-refractivity contribution in [1.29, 1.82) is 0 Å². The molecule has 2 N–H and O–H groups in total. The Hall–Kier alpha value is -3.00. The van der Waals surface area contributed by atoms with Crippen molar-refractivity contribution in [3.05, 3.63) is 54.5 Å². The van der Waals surface area contributed by atoms with Crippen LogP contribution in [0.1, 0.15) is 24.2 Å². The molecule has 0 aliphatic carbocycles. The van der Waals surface area contributed by atoms with E-state index in [1.165, 1.54) is 0 Å². The number of aromatic nitrogens is 5. The van der Waals surface area contributed by atoms with Gasteiger partial charge in [0, 0.05) is 37.7 Å². The summed E-state index contributed by atoms with van der Waals surface area (Å²) < 4.78 is 1.95. The molecule has 0 aromatic carbocycles. The lowest BCUT2D eigenvalue weighted by Crippen LogP contribution is -2.32. The van der Waals surface area contributed by atoms with Crippen LogP contribution in [0.5, 0.6) is 0 Å². The van der Waals surface area contributed by atoms with Crippen molar-refractivity contribution in [3.63, 3.8) is 0 Å². The van der Waals surface area contributed by atoms with Gasteiger partial charge in [0.1, 0.15) is 29.6 Å². The molecular formula is C19H23N7O. The van der Waals surface area contributed by atoms with Gasteiger partial charge < -0.3 is 15.3 Å². The number of aryl methyl sites for hydroxylation is 1. The molecule has 0 spiro atoms. The van der Waals surface area contributed by atoms with E-state index in [2.05, 4.69) is 30.2 Å². The lowest BCUT2D eigenvalue weighted by Gasteiger charge is -2.24. The molecule has 0 saturated carbocycles. The monoisotopic (exact) mass is 365 g/mol. The van der Waals surface area contributed by atoms with Crippen LogP contribution in [-0.2, 0) is 6.54 Å². The Morgan fingerprint density at radius 2 is 2.11 bits per heavy atom. The summed E-state index contributed by atoms with van der Waals surface area (Å²) in [6, 6.07) is 6.10. The van der Waals surface area contributed by atoms with Crippen molar-refractivity contribution in [3.8, 4) is 5.82 Å². The van der Waals surface area contributed by atoms with Crippen molar-refractivity contribution in [1.82, 2.24) is 24.5 Å². The smallest absolute Gasteiger partial charge is 0.137 e. The molecule has 8 heteroatoms. The first kappa shape index (κ1) is 17.4. The molecule has 1 saturated heterocycles. The van der Waals surface area contributed by atoms with Crippen LogP contribution in [-0.4, -0.2) is 48.8 Å². The second kappa shape index (κ2) is 7.71. The van der Waals surface area contributed by atoms with Crippen LogP contribution >= 0.6 is 0 Å². The van der Waals surface area contributed by atoms with Crippen LogP contribution in [0.4, 0.5) is 11.6 Å². The Labute approximate surface area is 157 Å². The average Bonchev–Trinajstić information content (AvgIpc) is 3.36. The van der Waals surface area contributed by atoms with Crippen LogP contribution in [0.15, 0.2) is 43.1 Å². The summed E-state index contributed by atoms with van der Waals surface area (Å²) in [4.78, 5) is 19.5. The van der Waals surface area contributed by atoms with E-state index in [4.69, 9.17) is 0 Å². The lowest BCUT2D eigenvalue weighted by molar-refractivity contribution is 0.266. The standard InChI is InChI=1S/C19H23N7O/c1-14-20-6-8-25(14)18-5-4-15(11-22-18)10-21-17-9-19(24-13-23-17)26-7-2-3-16(26)12-27/h4-6,8-9,11,13,16,27H,2-3,7,10,12H2,1H3,(H,21,23,24). The minimum Gasteiger partial charge on any atom is -0.394 e. The third kappa shape index (κ3) is 3.75. The zero-order valence-corrected chi connectivity index (χ0v) is 15.3. The molecule has 0 amide bonds. The molecule has 3 aromatic rings. The number of pyridine rings is 1. The third-order valence-corrected chi connectivity index (χ3v) is 4.89. The van der Waals surface area contributed by atoms with E-state index in [0.29, 0.717) is 6.54 Å². The number of rotatable bonds is 6. The summed E-state index contributed by atoms with van der Waals surface area (Å²) in [5.41, 5.74) is 1.06. The Morgan fingerprint density at radius 1 is 1.19 bits per heavy atom. The molecule has 1 fully saturated rings. The molecule has 8 nitrogen and oxygen atoms in total. The summed E-state index contributed by atoms with van der Waals surface area (Å²) in [6.07, 6.45) is 9.15. The number of hydrogen-bond donors (Lipinski definition) is 2. The maximum Gasteiger partial charge on any atom is 0.137 e. The van der Waals surface area contributed by atoms with Crippen molar-refractivity contribution >= 4 is 11.6 Å².